The van der Waals surface area contributed by atoms with Crippen LogP contribution in [0.3, 0.4) is 0 Å². The van der Waals surface area contributed by atoms with E-state index in [0.717, 1.165) is 12.1 Å². The quantitative estimate of drug-likeness (QED) is 0.660. The maximum Gasteiger partial charge on any atom is 0.416 e. The van der Waals surface area contributed by atoms with Crippen molar-refractivity contribution < 1.29 is 17.6 Å². The third-order valence-corrected chi connectivity index (χ3v) is 1.94. The molecule has 0 aliphatic rings. The van der Waals surface area contributed by atoms with Crippen LogP contribution in [-0.4, -0.2) is 0 Å². The van der Waals surface area contributed by atoms with E-state index >= 15 is 0 Å². The fraction of sp³-hybridized carbons (Fsp3) is 0.300. The number of nitrogens with zero attached hydrogens (tertiary/aromatic N) is 1. The van der Waals surface area contributed by atoms with Crippen LogP contribution >= 0.6 is 0 Å². The molecule has 0 saturated carbocycles. The van der Waals surface area contributed by atoms with Gasteiger partial charge >= 0.3 is 6.18 Å². The topological polar surface area (TPSA) is 23.8 Å². The van der Waals surface area contributed by atoms with Crippen molar-refractivity contribution in [2.24, 2.45) is 0 Å². The average Bonchev–Trinajstić information content (AvgIpc) is 2.14. The Bertz CT molecular complexity index is 403. The van der Waals surface area contributed by atoms with Gasteiger partial charge in [-0.25, -0.2) is 4.39 Å². The number of nitriles is 1. The Kier molecular flexibility index (Phi) is 2.98. The first-order valence-corrected chi connectivity index (χ1v) is 4.12. The van der Waals surface area contributed by atoms with Gasteiger partial charge in [0.15, 0.2) is 0 Å². The van der Waals surface area contributed by atoms with E-state index < -0.39 is 23.5 Å². The Balaban J connectivity index is 3.24. The Morgan fingerprint density at radius 1 is 1.27 bits per heavy atom. The van der Waals surface area contributed by atoms with E-state index in [-0.39, 0.29) is 5.56 Å². The van der Waals surface area contributed by atoms with Crippen molar-refractivity contribution >= 4 is 0 Å². The molecule has 0 spiro atoms. The third-order valence-electron chi connectivity index (χ3n) is 1.94. The zero-order valence-electron chi connectivity index (χ0n) is 7.77. The predicted octanol–water partition coefficient (Wildman–Crippen LogP) is 3.47. The molecule has 1 atom stereocenters. The van der Waals surface area contributed by atoms with E-state index in [2.05, 4.69) is 0 Å². The van der Waals surface area contributed by atoms with Gasteiger partial charge in [0.1, 0.15) is 5.82 Å². The molecule has 0 N–H and O–H groups in total. The van der Waals surface area contributed by atoms with Crippen molar-refractivity contribution in [3.8, 4) is 6.07 Å². The molecule has 0 heterocycles. The van der Waals surface area contributed by atoms with Crippen LogP contribution in [0.5, 0.6) is 0 Å². The number of halogens is 4. The maximum absolute atomic E-state index is 12.8. The van der Waals surface area contributed by atoms with E-state index in [0.29, 0.717) is 6.07 Å². The van der Waals surface area contributed by atoms with Crippen LogP contribution in [0.25, 0.3) is 0 Å². The monoisotopic (exact) mass is 217 g/mol. The molecule has 15 heavy (non-hydrogen) atoms. The predicted molar refractivity (Wildman–Crippen MR) is 45.4 cm³/mol. The number of benzene rings is 1. The highest BCUT2D eigenvalue weighted by Crippen LogP contribution is 2.31. The van der Waals surface area contributed by atoms with Crippen LogP contribution in [0.15, 0.2) is 18.2 Å². The Hall–Kier alpha value is -1.57. The van der Waals surface area contributed by atoms with Crippen LogP contribution in [0.4, 0.5) is 17.6 Å². The standard InChI is InChI=1S/C10H7F4N/c1-6(5-15)7-2-8(10(12,13)14)4-9(11)3-7/h2-4,6H,1H3. The second-order valence-electron chi connectivity index (χ2n) is 3.12. The van der Waals surface area contributed by atoms with Crippen molar-refractivity contribution in [3.63, 3.8) is 0 Å². The highest BCUT2D eigenvalue weighted by molar-refractivity contribution is 5.31. The van der Waals surface area contributed by atoms with Crippen LogP contribution in [0, 0.1) is 17.1 Å². The zero-order chi connectivity index (χ0) is 11.6. The number of hydrogen-bond acceptors (Lipinski definition) is 1. The summed E-state index contributed by atoms with van der Waals surface area (Å²) in [6, 6.07) is 3.89. The summed E-state index contributed by atoms with van der Waals surface area (Å²) in [6.45, 7) is 1.41. The van der Waals surface area contributed by atoms with Crippen molar-refractivity contribution in [2.45, 2.75) is 19.0 Å². The average molecular weight is 217 g/mol. The molecule has 0 aliphatic heterocycles. The van der Waals surface area contributed by atoms with Crippen molar-refractivity contribution in [1.82, 2.24) is 0 Å². The summed E-state index contributed by atoms with van der Waals surface area (Å²) >= 11 is 0. The molecule has 1 aromatic rings. The Labute approximate surface area is 83.9 Å². The third kappa shape index (κ3) is 2.69. The summed E-state index contributed by atoms with van der Waals surface area (Å²) < 4.78 is 49.6. The van der Waals surface area contributed by atoms with Crippen molar-refractivity contribution in [3.05, 3.63) is 35.1 Å². The molecule has 1 rings (SSSR count). The van der Waals surface area contributed by atoms with E-state index in [1.165, 1.54) is 6.92 Å². The molecule has 80 valence electrons. The largest absolute Gasteiger partial charge is 0.416 e. The molecular formula is C10H7F4N. The first-order chi connectivity index (χ1) is 6.84. The van der Waals surface area contributed by atoms with Crippen LogP contribution in [0.2, 0.25) is 0 Å². The molecule has 0 radical (unpaired) electrons. The van der Waals surface area contributed by atoms with Gasteiger partial charge in [-0.15, -0.1) is 0 Å². The van der Waals surface area contributed by atoms with Gasteiger partial charge in [-0.2, -0.15) is 18.4 Å². The second kappa shape index (κ2) is 3.89. The SMILES string of the molecule is CC(C#N)c1cc(F)cc(C(F)(F)F)c1. The lowest BCUT2D eigenvalue weighted by Gasteiger charge is -2.10. The molecule has 1 unspecified atom stereocenters. The summed E-state index contributed by atoms with van der Waals surface area (Å²) in [5.74, 6) is -1.75. The van der Waals surface area contributed by atoms with Gasteiger partial charge in [0.05, 0.1) is 17.6 Å². The summed E-state index contributed by atoms with van der Waals surface area (Å²) in [4.78, 5) is 0. The first kappa shape index (κ1) is 11.5. The summed E-state index contributed by atoms with van der Waals surface area (Å²) in [7, 11) is 0. The van der Waals surface area contributed by atoms with Gasteiger partial charge < -0.3 is 0 Å². The Morgan fingerprint density at radius 2 is 1.87 bits per heavy atom. The number of alkyl halides is 3. The molecule has 0 aromatic heterocycles. The van der Waals surface area contributed by atoms with Gasteiger partial charge in [0, 0.05) is 0 Å². The van der Waals surface area contributed by atoms with E-state index in [9.17, 15) is 17.6 Å². The molecule has 0 fully saturated rings. The summed E-state index contributed by atoms with van der Waals surface area (Å²) in [5.41, 5.74) is -1.04. The summed E-state index contributed by atoms with van der Waals surface area (Å²) in [6.07, 6.45) is -4.59. The van der Waals surface area contributed by atoms with Crippen molar-refractivity contribution in [2.75, 3.05) is 0 Å². The highest BCUT2D eigenvalue weighted by Gasteiger charge is 2.31. The van der Waals surface area contributed by atoms with Crippen LogP contribution in [0.1, 0.15) is 24.0 Å². The Morgan fingerprint density at radius 3 is 2.33 bits per heavy atom. The molecule has 5 heteroatoms. The second-order valence-corrected chi connectivity index (χ2v) is 3.12. The van der Waals surface area contributed by atoms with E-state index in [4.69, 9.17) is 5.26 Å². The highest BCUT2D eigenvalue weighted by atomic mass is 19.4. The fourth-order valence-corrected chi connectivity index (χ4v) is 1.10. The van der Waals surface area contributed by atoms with Crippen LogP contribution in [-0.2, 0) is 6.18 Å². The number of hydrogen-bond donors (Lipinski definition) is 0. The maximum atomic E-state index is 12.8. The lowest BCUT2D eigenvalue weighted by Crippen LogP contribution is -2.07. The fourth-order valence-electron chi connectivity index (χ4n) is 1.10. The van der Waals surface area contributed by atoms with Gasteiger partial charge in [-0.3, -0.25) is 0 Å². The minimum absolute atomic E-state index is 0.0322. The zero-order valence-corrected chi connectivity index (χ0v) is 7.77. The van der Waals surface area contributed by atoms with Gasteiger partial charge in [0.2, 0.25) is 0 Å². The van der Waals surface area contributed by atoms with Crippen molar-refractivity contribution in [1.29, 1.82) is 5.26 Å². The molecule has 0 saturated heterocycles. The smallest absolute Gasteiger partial charge is 0.207 e. The number of rotatable bonds is 1. The van der Waals surface area contributed by atoms with Gasteiger partial charge in [0.25, 0.3) is 0 Å². The van der Waals surface area contributed by atoms with Crippen LogP contribution < -0.4 is 0 Å². The minimum atomic E-state index is -4.59. The summed E-state index contributed by atoms with van der Waals surface area (Å²) in [5, 5.41) is 8.52. The van der Waals surface area contributed by atoms with E-state index in [1.807, 2.05) is 0 Å². The molecule has 0 bridgehead atoms. The lowest BCUT2D eigenvalue weighted by molar-refractivity contribution is -0.137. The van der Waals surface area contributed by atoms with Gasteiger partial charge in [-0.1, -0.05) is 0 Å². The lowest BCUT2D eigenvalue weighted by atomic mass is 10.00. The van der Waals surface area contributed by atoms with E-state index in [1.54, 1.807) is 6.07 Å². The molecule has 0 amide bonds. The minimum Gasteiger partial charge on any atom is -0.207 e. The first-order valence-electron chi connectivity index (χ1n) is 4.12. The molecule has 0 aliphatic carbocycles. The normalized spacial score (nSPS) is 13.3. The van der Waals surface area contributed by atoms with Gasteiger partial charge in [-0.05, 0) is 30.7 Å². The molecule has 1 aromatic carbocycles. The molecule has 1 nitrogen and oxygen atoms in total. The molecular weight excluding hydrogens is 210 g/mol.